The highest BCUT2D eigenvalue weighted by atomic mass is 15.3. The van der Waals surface area contributed by atoms with Crippen molar-refractivity contribution in [2.45, 2.75) is 20.3 Å². The average molecular weight is 141 g/mol. The third-order valence-corrected chi connectivity index (χ3v) is 1.02. The third kappa shape index (κ3) is 5.28. The van der Waals surface area contributed by atoms with Crippen molar-refractivity contribution >= 4 is 12.1 Å². The standard InChI is InChI=1S/C7H15N3/c1-5-7(2)9-8-6-10(3)4/h6H,5H2,1-4H3/b8-6-,9-7+. The summed E-state index contributed by atoms with van der Waals surface area (Å²) in [5, 5.41) is 7.76. The Morgan fingerprint density at radius 1 is 1.50 bits per heavy atom. The van der Waals surface area contributed by atoms with Crippen molar-refractivity contribution in [3.05, 3.63) is 0 Å². The van der Waals surface area contributed by atoms with Gasteiger partial charge in [0, 0.05) is 19.8 Å². The molecule has 10 heavy (non-hydrogen) atoms. The van der Waals surface area contributed by atoms with Gasteiger partial charge in [-0.15, -0.1) is 5.10 Å². The van der Waals surface area contributed by atoms with Crippen LogP contribution in [0.2, 0.25) is 0 Å². The van der Waals surface area contributed by atoms with E-state index < -0.39 is 0 Å². The Labute approximate surface area is 62.4 Å². The second-order valence-corrected chi connectivity index (χ2v) is 2.38. The first kappa shape index (κ1) is 9.14. The second-order valence-electron chi connectivity index (χ2n) is 2.38. The van der Waals surface area contributed by atoms with Crippen LogP contribution in [0.25, 0.3) is 0 Å². The molecule has 0 saturated heterocycles. The Morgan fingerprint density at radius 3 is 2.50 bits per heavy atom. The lowest BCUT2D eigenvalue weighted by Gasteiger charge is -1.99. The van der Waals surface area contributed by atoms with Crippen molar-refractivity contribution in [3.63, 3.8) is 0 Å². The maximum atomic E-state index is 3.93. The summed E-state index contributed by atoms with van der Waals surface area (Å²) in [5.74, 6) is 0. The molecule has 3 heteroatoms. The lowest BCUT2D eigenvalue weighted by Crippen LogP contribution is -2.07. The Bertz CT molecular complexity index is 136. The smallest absolute Gasteiger partial charge is 0.113 e. The highest BCUT2D eigenvalue weighted by Crippen LogP contribution is 1.83. The van der Waals surface area contributed by atoms with Gasteiger partial charge < -0.3 is 4.90 Å². The van der Waals surface area contributed by atoms with Crippen LogP contribution in [0.15, 0.2) is 10.2 Å². The Morgan fingerprint density at radius 2 is 2.10 bits per heavy atom. The van der Waals surface area contributed by atoms with Gasteiger partial charge in [-0.2, -0.15) is 5.10 Å². The van der Waals surface area contributed by atoms with Gasteiger partial charge in [-0.25, -0.2) is 0 Å². The number of nitrogens with zero attached hydrogens (tertiary/aromatic N) is 3. The maximum absolute atomic E-state index is 3.93. The largest absolute Gasteiger partial charge is 0.367 e. The molecule has 0 aromatic heterocycles. The molecule has 0 atom stereocenters. The average Bonchev–Trinajstić information content (AvgIpc) is 1.87. The normalized spacial score (nSPS) is 12.6. The molecular formula is C7H15N3. The van der Waals surface area contributed by atoms with Gasteiger partial charge in [-0.1, -0.05) is 6.92 Å². The quantitative estimate of drug-likeness (QED) is 0.331. The third-order valence-electron chi connectivity index (χ3n) is 1.02. The molecule has 0 aliphatic rings. The van der Waals surface area contributed by atoms with Crippen LogP contribution in [0.1, 0.15) is 20.3 Å². The van der Waals surface area contributed by atoms with Crippen LogP contribution in [0, 0.1) is 0 Å². The molecule has 58 valence electrons. The van der Waals surface area contributed by atoms with Gasteiger partial charge in [0.25, 0.3) is 0 Å². The number of rotatable bonds is 3. The molecule has 0 aliphatic carbocycles. The number of hydrogen-bond acceptors (Lipinski definition) is 2. The lowest BCUT2D eigenvalue weighted by atomic mass is 10.3. The zero-order chi connectivity index (χ0) is 7.98. The van der Waals surface area contributed by atoms with E-state index in [9.17, 15) is 0 Å². The molecule has 0 saturated carbocycles. The van der Waals surface area contributed by atoms with E-state index in [1.54, 1.807) is 6.34 Å². The van der Waals surface area contributed by atoms with E-state index in [-0.39, 0.29) is 0 Å². The SMILES string of the molecule is CC/C(C)=N/N=C\N(C)C. The molecule has 0 radical (unpaired) electrons. The minimum Gasteiger partial charge on any atom is -0.367 e. The molecule has 0 aromatic rings. The van der Waals surface area contributed by atoms with Crippen LogP contribution >= 0.6 is 0 Å². The van der Waals surface area contributed by atoms with Gasteiger partial charge in [-0.05, 0) is 13.3 Å². The molecule has 0 amide bonds. The van der Waals surface area contributed by atoms with E-state index in [2.05, 4.69) is 17.1 Å². The zero-order valence-corrected chi connectivity index (χ0v) is 7.13. The fourth-order valence-electron chi connectivity index (χ4n) is 0.298. The first-order chi connectivity index (χ1) is 4.66. The predicted molar refractivity (Wildman–Crippen MR) is 45.6 cm³/mol. The van der Waals surface area contributed by atoms with E-state index in [0.717, 1.165) is 12.1 Å². The fraction of sp³-hybridized carbons (Fsp3) is 0.714. The first-order valence-electron chi connectivity index (χ1n) is 3.40. The van der Waals surface area contributed by atoms with E-state index in [1.165, 1.54) is 0 Å². The highest BCUT2D eigenvalue weighted by molar-refractivity contribution is 5.81. The van der Waals surface area contributed by atoms with Crippen LogP contribution in [0.3, 0.4) is 0 Å². The van der Waals surface area contributed by atoms with Crippen LogP contribution in [0.5, 0.6) is 0 Å². The van der Waals surface area contributed by atoms with Gasteiger partial charge in [0.15, 0.2) is 0 Å². The molecule has 0 unspecified atom stereocenters. The topological polar surface area (TPSA) is 28.0 Å². The molecule has 0 rings (SSSR count). The van der Waals surface area contributed by atoms with E-state index in [0.29, 0.717) is 0 Å². The van der Waals surface area contributed by atoms with Crippen LogP contribution in [-0.2, 0) is 0 Å². The van der Waals surface area contributed by atoms with E-state index >= 15 is 0 Å². The van der Waals surface area contributed by atoms with E-state index in [4.69, 9.17) is 0 Å². The van der Waals surface area contributed by atoms with Crippen molar-refractivity contribution in [1.82, 2.24) is 4.90 Å². The van der Waals surface area contributed by atoms with Crippen molar-refractivity contribution in [1.29, 1.82) is 0 Å². The lowest BCUT2D eigenvalue weighted by molar-refractivity contribution is 0.640. The summed E-state index contributed by atoms with van der Waals surface area (Å²) in [6.45, 7) is 4.02. The molecular weight excluding hydrogens is 126 g/mol. The molecule has 0 heterocycles. The molecule has 0 aliphatic heterocycles. The van der Waals surface area contributed by atoms with Crippen molar-refractivity contribution in [2.24, 2.45) is 10.2 Å². The van der Waals surface area contributed by atoms with Crippen LogP contribution in [0.4, 0.5) is 0 Å². The summed E-state index contributed by atoms with van der Waals surface area (Å²) < 4.78 is 0. The molecule has 0 fully saturated rings. The van der Waals surface area contributed by atoms with Crippen LogP contribution < -0.4 is 0 Å². The van der Waals surface area contributed by atoms with Crippen LogP contribution in [-0.4, -0.2) is 31.0 Å². The second kappa shape index (κ2) is 4.97. The Kier molecular flexibility index (Phi) is 4.54. The summed E-state index contributed by atoms with van der Waals surface area (Å²) in [6.07, 6.45) is 2.64. The number of hydrogen-bond donors (Lipinski definition) is 0. The van der Waals surface area contributed by atoms with Crippen molar-refractivity contribution in [2.75, 3.05) is 14.1 Å². The van der Waals surface area contributed by atoms with Gasteiger partial charge in [-0.3, -0.25) is 0 Å². The van der Waals surface area contributed by atoms with Gasteiger partial charge in [0.1, 0.15) is 6.34 Å². The fourth-order valence-corrected chi connectivity index (χ4v) is 0.298. The highest BCUT2D eigenvalue weighted by Gasteiger charge is 1.80. The monoisotopic (exact) mass is 141 g/mol. The minimum absolute atomic E-state index is 0.963. The molecule has 0 bridgehead atoms. The first-order valence-corrected chi connectivity index (χ1v) is 3.40. The predicted octanol–water partition coefficient (Wildman–Crippen LogP) is 1.36. The van der Waals surface area contributed by atoms with E-state index in [1.807, 2.05) is 25.9 Å². The minimum atomic E-state index is 0.963. The molecule has 0 spiro atoms. The molecule has 0 N–H and O–H groups in total. The Balaban J connectivity index is 3.70. The van der Waals surface area contributed by atoms with Crippen molar-refractivity contribution < 1.29 is 0 Å². The summed E-state index contributed by atoms with van der Waals surface area (Å²) in [6, 6.07) is 0. The van der Waals surface area contributed by atoms with Gasteiger partial charge in [0.2, 0.25) is 0 Å². The summed E-state index contributed by atoms with van der Waals surface area (Å²) in [5.41, 5.74) is 1.05. The van der Waals surface area contributed by atoms with Crippen molar-refractivity contribution in [3.8, 4) is 0 Å². The zero-order valence-electron chi connectivity index (χ0n) is 7.13. The van der Waals surface area contributed by atoms with Gasteiger partial charge in [0.05, 0.1) is 0 Å². The molecule has 3 nitrogen and oxygen atoms in total. The molecule has 0 aromatic carbocycles. The maximum Gasteiger partial charge on any atom is 0.113 e. The summed E-state index contributed by atoms with van der Waals surface area (Å²) >= 11 is 0. The summed E-state index contributed by atoms with van der Waals surface area (Å²) in [7, 11) is 3.83. The Hall–Kier alpha value is -0.860. The summed E-state index contributed by atoms with van der Waals surface area (Å²) in [4.78, 5) is 1.85. The van der Waals surface area contributed by atoms with Gasteiger partial charge >= 0.3 is 0 Å².